The van der Waals surface area contributed by atoms with Crippen molar-refractivity contribution in [3.05, 3.63) is 17.5 Å². The number of fused-ring (bicyclic) bond motifs is 1. The zero-order valence-electron chi connectivity index (χ0n) is 15.1. The number of carbonyl (C=O) groups is 2. The van der Waals surface area contributed by atoms with Crippen molar-refractivity contribution in [2.24, 2.45) is 5.41 Å². The minimum Gasteiger partial charge on any atom is -0.339 e. The number of rotatable bonds is 2. The summed E-state index contributed by atoms with van der Waals surface area (Å²) >= 11 is 0. The van der Waals surface area contributed by atoms with E-state index in [4.69, 9.17) is 0 Å². The number of hydrogen-bond donors (Lipinski definition) is 0. The molecule has 0 N–H and O–H groups in total. The molecule has 138 valence electrons. The Morgan fingerprint density at radius 1 is 1.00 bits per heavy atom. The highest BCUT2D eigenvalue weighted by Crippen LogP contribution is 2.39. The van der Waals surface area contributed by atoms with E-state index in [2.05, 4.69) is 11.2 Å². The molecule has 1 saturated heterocycles. The fraction of sp³-hybridized carbons (Fsp3) is 0.684. The Labute approximate surface area is 153 Å². The molecule has 2 aliphatic heterocycles. The van der Waals surface area contributed by atoms with Gasteiger partial charge in [0.1, 0.15) is 5.41 Å². The minimum atomic E-state index is -0.867. The predicted octanol–water partition coefficient (Wildman–Crippen LogP) is 1.94. The van der Waals surface area contributed by atoms with Gasteiger partial charge >= 0.3 is 0 Å². The molecule has 2 amide bonds. The standard InChI is InChI=1S/C19H25N5O2/c20-14-19(6-1-2-7-19)18(26)23-10-5-11-24-16(13-23)15(12-21-24)17(25)22-8-3-4-9-22/h12H,1-11,13H2. The second-order valence-electron chi connectivity index (χ2n) is 7.71. The van der Waals surface area contributed by atoms with E-state index >= 15 is 0 Å². The van der Waals surface area contributed by atoms with Gasteiger partial charge in [-0.1, -0.05) is 12.8 Å². The van der Waals surface area contributed by atoms with E-state index in [-0.39, 0.29) is 11.8 Å². The third-order valence-corrected chi connectivity index (χ3v) is 6.08. The van der Waals surface area contributed by atoms with Crippen molar-refractivity contribution in [3.63, 3.8) is 0 Å². The predicted molar refractivity (Wildman–Crippen MR) is 93.9 cm³/mol. The van der Waals surface area contributed by atoms with Crippen molar-refractivity contribution in [3.8, 4) is 6.07 Å². The molecule has 1 aromatic rings. The van der Waals surface area contributed by atoms with Crippen LogP contribution in [0.25, 0.3) is 0 Å². The zero-order chi connectivity index (χ0) is 18.1. The highest BCUT2D eigenvalue weighted by Gasteiger charge is 2.44. The number of aryl methyl sites for hydroxylation is 1. The molecule has 3 aliphatic rings. The summed E-state index contributed by atoms with van der Waals surface area (Å²) in [5.41, 5.74) is 0.566. The molecule has 4 rings (SSSR count). The minimum absolute atomic E-state index is 0.0221. The third-order valence-electron chi connectivity index (χ3n) is 6.08. The van der Waals surface area contributed by atoms with Crippen molar-refractivity contribution in [1.82, 2.24) is 19.6 Å². The van der Waals surface area contributed by atoms with E-state index in [0.717, 1.165) is 50.9 Å². The summed E-state index contributed by atoms with van der Waals surface area (Å²) in [7, 11) is 0. The van der Waals surface area contributed by atoms with Crippen molar-refractivity contribution in [2.75, 3.05) is 19.6 Å². The summed E-state index contributed by atoms with van der Waals surface area (Å²) in [6.07, 6.45) is 7.71. The SMILES string of the molecule is N#CC1(C(=O)N2CCCn3ncc(C(=O)N4CCCC4)c3C2)CCCC1. The van der Waals surface area contributed by atoms with Gasteiger partial charge in [0, 0.05) is 26.2 Å². The van der Waals surface area contributed by atoms with Crippen LogP contribution in [0, 0.1) is 16.7 Å². The summed E-state index contributed by atoms with van der Waals surface area (Å²) in [6.45, 7) is 3.28. The quantitative estimate of drug-likeness (QED) is 0.812. The fourth-order valence-corrected chi connectivity index (χ4v) is 4.54. The second-order valence-corrected chi connectivity index (χ2v) is 7.71. The Hall–Kier alpha value is -2.36. The maximum absolute atomic E-state index is 13.2. The molecule has 0 spiro atoms. The normalized spacial score (nSPS) is 22.0. The first-order valence-electron chi connectivity index (χ1n) is 9.69. The van der Waals surface area contributed by atoms with Gasteiger partial charge in [0.15, 0.2) is 0 Å². The van der Waals surface area contributed by atoms with Crippen LogP contribution in [-0.4, -0.2) is 51.0 Å². The number of nitrogens with zero attached hydrogens (tertiary/aromatic N) is 5. The van der Waals surface area contributed by atoms with Crippen LogP contribution in [-0.2, 0) is 17.9 Å². The molecule has 1 saturated carbocycles. The molecular formula is C19H25N5O2. The molecule has 1 aliphatic carbocycles. The van der Waals surface area contributed by atoms with Gasteiger partial charge in [-0.05, 0) is 32.1 Å². The van der Waals surface area contributed by atoms with Crippen molar-refractivity contribution < 1.29 is 9.59 Å². The Morgan fingerprint density at radius 3 is 2.38 bits per heavy atom. The van der Waals surface area contributed by atoms with E-state index in [1.54, 1.807) is 11.1 Å². The lowest BCUT2D eigenvalue weighted by atomic mass is 9.86. The van der Waals surface area contributed by atoms with Crippen LogP contribution in [0.15, 0.2) is 6.20 Å². The molecule has 0 unspecified atom stereocenters. The van der Waals surface area contributed by atoms with Crippen molar-refractivity contribution in [2.45, 2.75) is 58.0 Å². The Kier molecular flexibility index (Phi) is 4.43. The largest absolute Gasteiger partial charge is 0.339 e. The average molecular weight is 355 g/mol. The number of aromatic nitrogens is 2. The highest BCUT2D eigenvalue weighted by molar-refractivity contribution is 5.95. The fourth-order valence-electron chi connectivity index (χ4n) is 4.54. The van der Waals surface area contributed by atoms with E-state index in [1.807, 2.05) is 9.58 Å². The third kappa shape index (κ3) is 2.77. The van der Waals surface area contributed by atoms with Gasteiger partial charge in [-0.25, -0.2) is 0 Å². The smallest absolute Gasteiger partial charge is 0.257 e. The molecule has 2 fully saturated rings. The zero-order valence-corrected chi connectivity index (χ0v) is 15.1. The molecule has 0 bridgehead atoms. The van der Waals surface area contributed by atoms with Crippen LogP contribution in [0.1, 0.15) is 61.0 Å². The van der Waals surface area contributed by atoms with Gasteiger partial charge in [-0.2, -0.15) is 10.4 Å². The molecule has 7 heteroatoms. The summed E-state index contributed by atoms with van der Waals surface area (Å²) < 4.78 is 1.87. The van der Waals surface area contributed by atoms with Crippen LogP contribution in [0.2, 0.25) is 0 Å². The lowest BCUT2D eigenvalue weighted by molar-refractivity contribution is -0.139. The monoisotopic (exact) mass is 355 g/mol. The van der Waals surface area contributed by atoms with Crippen LogP contribution < -0.4 is 0 Å². The highest BCUT2D eigenvalue weighted by atomic mass is 16.2. The van der Waals surface area contributed by atoms with Gasteiger partial charge < -0.3 is 9.80 Å². The lowest BCUT2D eigenvalue weighted by Crippen LogP contribution is -2.42. The van der Waals surface area contributed by atoms with Crippen LogP contribution in [0.3, 0.4) is 0 Å². The van der Waals surface area contributed by atoms with Gasteiger partial charge in [-0.15, -0.1) is 0 Å². The number of likely N-dealkylation sites (tertiary alicyclic amines) is 1. The summed E-state index contributed by atoms with van der Waals surface area (Å²) in [6, 6.07) is 2.31. The first-order valence-corrected chi connectivity index (χ1v) is 9.69. The van der Waals surface area contributed by atoms with E-state index < -0.39 is 5.41 Å². The van der Waals surface area contributed by atoms with Gasteiger partial charge in [0.05, 0.1) is 30.1 Å². The van der Waals surface area contributed by atoms with Crippen LogP contribution in [0.5, 0.6) is 0 Å². The number of amides is 2. The van der Waals surface area contributed by atoms with Crippen molar-refractivity contribution in [1.29, 1.82) is 5.26 Å². The van der Waals surface area contributed by atoms with E-state index in [1.165, 1.54) is 0 Å². The van der Waals surface area contributed by atoms with Gasteiger partial charge in [-0.3, -0.25) is 14.3 Å². The first-order chi connectivity index (χ1) is 12.6. The average Bonchev–Trinajstić information content (AvgIpc) is 3.40. The summed E-state index contributed by atoms with van der Waals surface area (Å²) in [5.74, 6) is -0.0411. The number of nitriles is 1. The molecule has 0 radical (unpaired) electrons. The lowest BCUT2D eigenvalue weighted by Gasteiger charge is -2.29. The Balaban J connectivity index is 1.60. The molecule has 1 aromatic heterocycles. The second kappa shape index (κ2) is 6.75. The molecule has 3 heterocycles. The van der Waals surface area contributed by atoms with Crippen LogP contribution >= 0.6 is 0 Å². The molecule has 7 nitrogen and oxygen atoms in total. The van der Waals surface area contributed by atoms with Crippen molar-refractivity contribution >= 4 is 11.8 Å². The Morgan fingerprint density at radius 2 is 1.69 bits per heavy atom. The number of hydrogen-bond acceptors (Lipinski definition) is 4. The topological polar surface area (TPSA) is 82.2 Å². The molecule has 26 heavy (non-hydrogen) atoms. The summed E-state index contributed by atoms with van der Waals surface area (Å²) in [4.78, 5) is 29.7. The molecular weight excluding hydrogens is 330 g/mol. The number of carbonyl (C=O) groups excluding carboxylic acids is 2. The maximum atomic E-state index is 13.2. The van der Waals surface area contributed by atoms with E-state index in [9.17, 15) is 14.9 Å². The van der Waals surface area contributed by atoms with Gasteiger partial charge in [0.25, 0.3) is 5.91 Å². The van der Waals surface area contributed by atoms with E-state index in [0.29, 0.717) is 38.0 Å². The molecule has 0 atom stereocenters. The van der Waals surface area contributed by atoms with Gasteiger partial charge in [0.2, 0.25) is 5.91 Å². The molecule has 0 aromatic carbocycles. The maximum Gasteiger partial charge on any atom is 0.257 e. The Bertz CT molecular complexity index is 750. The summed E-state index contributed by atoms with van der Waals surface area (Å²) in [5, 5.41) is 14.1. The first kappa shape index (κ1) is 17.1. The van der Waals surface area contributed by atoms with Crippen LogP contribution in [0.4, 0.5) is 0 Å².